The second kappa shape index (κ2) is 8.45. The molecular formula is C18H21ClN2O3. The van der Waals surface area contributed by atoms with E-state index in [1.54, 1.807) is 31.3 Å². The number of halogens is 1. The van der Waals surface area contributed by atoms with Gasteiger partial charge in [0.05, 0.1) is 24.9 Å². The fraction of sp³-hybridized carbons (Fsp3) is 0.278. The number of hydrogen-bond donors (Lipinski definition) is 1. The van der Waals surface area contributed by atoms with E-state index in [9.17, 15) is 4.79 Å². The number of nitrogens with one attached hydrogen (secondary N) is 1. The Hall–Kier alpha value is -2.40. The number of benzene rings is 2. The van der Waals surface area contributed by atoms with E-state index < -0.39 is 0 Å². The zero-order chi connectivity index (χ0) is 17.5. The first-order valence-corrected chi connectivity index (χ1v) is 7.98. The molecular weight excluding hydrogens is 328 g/mol. The first-order chi connectivity index (χ1) is 11.6. The molecule has 0 spiro atoms. The van der Waals surface area contributed by atoms with Gasteiger partial charge in [0.1, 0.15) is 0 Å². The van der Waals surface area contributed by atoms with Gasteiger partial charge < -0.3 is 19.7 Å². The number of para-hydroxylation sites is 1. The van der Waals surface area contributed by atoms with Gasteiger partial charge in [0, 0.05) is 13.1 Å². The van der Waals surface area contributed by atoms with E-state index in [0.717, 1.165) is 5.56 Å². The SMILES string of the molecule is CCN(Cc1ccc(OC)c(OC)c1)C(=O)Nc1ccccc1Cl. The first kappa shape index (κ1) is 17.9. The number of methoxy groups -OCH3 is 2. The summed E-state index contributed by atoms with van der Waals surface area (Å²) in [4.78, 5) is 14.2. The smallest absolute Gasteiger partial charge is 0.322 e. The van der Waals surface area contributed by atoms with Crippen LogP contribution in [0.25, 0.3) is 0 Å². The molecule has 0 heterocycles. The molecule has 2 aromatic carbocycles. The number of anilines is 1. The van der Waals surface area contributed by atoms with Crippen molar-refractivity contribution >= 4 is 23.3 Å². The number of amides is 2. The maximum Gasteiger partial charge on any atom is 0.322 e. The minimum atomic E-state index is -0.208. The number of ether oxygens (including phenoxy) is 2. The lowest BCUT2D eigenvalue weighted by atomic mass is 10.2. The van der Waals surface area contributed by atoms with Crippen molar-refractivity contribution in [3.05, 3.63) is 53.1 Å². The van der Waals surface area contributed by atoms with Crippen LogP contribution in [0.1, 0.15) is 12.5 Å². The number of rotatable bonds is 6. The van der Waals surface area contributed by atoms with E-state index in [1.807, 2.05) is 37.3 Å². The van der Waals surface area contributed by atoms with Gasteiger partial charge in [-0.05, 0) is 36.8 Å². The van der Waals surface area contributed by atoms with Crippen LogP contribution in [-0.2, 0) is 6.54 Å². The third kappa shape index (κ3) is 4.32. The summed E-state index contributed by atoms with van der Waals surface area (Å²) in [6, 6.07) is 12.5. The van der Waals surface area contributed by atoms with Crippen LogP contribution in [0.4, 0.5) is 10.5 Å². The quantitative estimate of drug-likeness (QED) is 0.841. The summed E-state index contributed by atoms with van der Waals surface area (Å²) in [7, 11) is 3.18. The highest BCUT2D eigenvalue weighted by Crippen LogP contribution is 2.28. The molecule has 2 aromatic rings. The van der Waals surface area contributed by atoms with Crippen LogP contribution < -0.4 is 14.8 Å². The Kier molecular flexibility index (Phi) is 6.32. The molecule has 0 saturated heterocycles. The lowest BCUT2D eigenvalue weighted by Crippen LogP contribution is -2.34. The number of carbonyl (C=O) groups excluding carboxylic acids is 1. The highest BCUT2D eigenvalue weighted by Gasteiger charge is 2.15. The fourth-order valence-corrected chi connectivity index (χ4v) is 2.47. The van der Waals surface area contributed by atoms with Gasteiger partial charge in [-0.3, -0.25) is 0 Å². The van der Waals surface area contributed by atoms with E-state index in [0.29, 0.717) is 35.3 Å². The van der Waals surface area contributed by atoms with E-state index in [-0.39, 0.29) is 6.03 Å². The Morgan fingerprint density at radius 3 is 2.46 bits per heavy atom. The van der Waals surface area contributed by atoms with Crippen molar-refractivity contribution in [1.82, 2.24) is 4.90 Å². The zero-order valence-corrected chi connectivity index (χ0v) is 14.8. The summed E-state index contributed by atoms with van der Waals surface area (Å²) >= 11 is 6.09. The van der Waals surface area contributed by atoms with Crippen LogP contribution in [0, 0.1) is 0 Å². The number of hydrogen-bond acceptors (Lipinski definition) is 3. The fourth-order valence-electron chi connectivity index (χ4n) is 2.28. The van der Waals surface area contributed by atoms with Crippen molar-refractivity contribution in [3.63, 3.8) is 0 Å². The Balaban J connectivity index is 2.11. The van der Waals surface area contributed by atoms with Crippen LogP contribution in [0.15, 0.2) is 42.5 Å². The average molecular weight is 349 g/mol. The molecule has 0 aliphatic carbocycles. The summed E-state index contributed by atoms with van der Waals surface area (Å²) in [6.45, 7) is 2.94. The molecule has 5 nitrogen and oxygen atoms in total. The van der Waals surface area contributed by atoms with Crippen molar-refractivity contribution in [1.29, 1.82) is 0 Å². The molecule has 24 heavy (non-hydrogen) atoms. The Morgan fingerprint density at radius 1 is 1.12 bits per heavy atom. The molecule has 2 amide bonds. The molecule has 0 aliphatic rings. The molecule has 2 rings (SSSR count). The summed E-state index contributed by atoms with van der Waals surface area (Å²) in [5.41, 5.74) is 1.54. The summed E-state index contributed by atoms with van der Waals surface area (Å²) in [5, 5.41) is 3.34. The van der Waals surface area contributed by atoms with Crippen molar-refractivity contribution in [2.45, 2.75) is 13.5 Å². The zero-order valence-electron chi connectivity index (χ0n) is 14.0. The minimum absolute atomic E-state index is 0.208. The van der Waals surface area contributed by atoms with E-state index >= 15 is 0 Å². The second-order valence-corrected chi connectivity index (χ2v) is 5.52. The molecule has 0 aliphatic heterocycles. The van der Waals surface area contributed by atoms with Crippen LogP contribution in [-0.4, -0.2) is 31.7 Å². The Bertz CT molecular complexity index is 706. The summed E-state index contributed by atoms with van der Waals surface area (Å²) in [5.74, 6) is 1.29. The topological polar surface area (TPSA) is 50.8 Å². The molecule has 1 N–H and O–H groups in total. The third-order valence-electron chi connectivity index (χ3n) is 3.61. The van der Waals surface area contributed by atoms with Crippen molar-refractivity contribution in [3.8, 4) is 11.5 Å². The van der Waals surface area contributed by atoms with Crippen molar-refractivity contribution < 1.29 is 14.3 Å². The van der Waals surface area contributed by atoms with Gasteiger partial charge in [-0.2, -0.15) is 0 Å². The normalized spacial score (nSPS) is 10.2. The van der Waals surface area contributed by atoms with E-state index in [1.165, 1.54) is 0 Å². The highest BCUT2D eigenvalue weighted by molar-refractivity contribution is 6.33. The second-order valence-electron chi connectivity index (χ2n) is 5.11. The highest BCUT2D eigenvalue weighted by atomic mass is 35.5. The maximum atomic E-state index is 12.5. The monoisotopic (exact) mass is 348 g/mol. The first-order valence-electron chi connectivity index (χ1n) is 7.60. The lowest BCUT2D eigenvalue weighted by Gasteiger charge is -2.22. The average Bonchev–Trinajstić information content (AvgIpc) is 2.61. The maximum absolute atomic E-state index is 12.5. The molecule has 0 atom stereocenters. The third-order valence-corrected chi connectivity index (χ3v) is 3.94. The molecule has 0 radical (unpaired) electrons. The standard InChI is InChI=1S/C18H21ClN2O3/c1-4-21(18(22)20-15-8-6-5-7-14(15)19)12-13-9-10-16(23-2)17(11-13)24-3/h5-11H,4,12H2,1-3H3,(H,20,22). The van der Waals surface area contributed by atoms with Crippen LogP contribution in [0.3, 0.4) is 0 Å². The van der Waals surface area contributed by atoms with Gasteiger partial charge in [-0.1, -0.05) is 29.8 Å². The Morgan fingerprint density at radius 2 is 1.83 bits per heavy atom. The molecule has 0 aromatic heterocycles. The van der Waals surface area contributed by atoms with E-state index in [4.69, 9.17) is 21.1 Å². The van der Waals surface area contributed by atoms with Gasteiger partial charge in [0.15, 0.2) is 11.5 Å². The predicted octanol–water partition coefficient (Wildman–Crippen LogP) is 4.41. The van der Waals surface area contributed by atoms with Crippen molar-refractivity contribution in [2.24, 2.45) is 0 Å². The van der Waals surface area contributed by atoms with Crippen LogP contribution in [0.5, 0.6) is 11.5 Å². The van der Waals surface area contributed by atoms with Gasteiger partial charge in [-0.25, -0.2) is 4.79 Å². The molecule has 6 heteroatoms. The van der Waals surface area contributed by atoms with Crippen LogP contribution >= 0.6 is 11.6 Å². The Labute approximate surface area is 147 Å². The lowest BCUT2D eigenvalue weighted by molar-refractivity contribution is 0.212. The largest absolute Gasteiger partial charge is 0.493 e. The van der Waals surface area contributed by atoms with Gasteiger partial charge in [0.25, 0.3) is 0 Å². The summed E-state index contributed by atoms with van der Waals surface area (Å²) < 4.78 is 10.5. The molecule has 0 saturated carbocycles. The molecule has 0 fully saturated rings. The minimum Gasteiger partial charge on any atom is -0.493 e. The van der Waals surface area contributed by atoms with Gasteiger partial charge >= 0.3 is 6.03 Å². The molecule has 0 bridgehead atoms. The van der Waals surface area contributed by atoms with Crippen LogP contribution in [0.2, 0.25) is 5.02 Å². The van der Waals surface area contributed by atoms with E-state index in [2.05, 4.69) is 5.32 Å². The molecule has 128 valence electrons. The number of urea groups is 1. The number of carbonyl (C=O) groups is 1. The predicted molar refractivity (Wildman–Crippen MR) is 96.1 cm³/mol. The van der Waals surface area contributed by atoms with Crippen molar-refractivity contribution in [2.75, 3.05) is 26.1 Å². The van der Waals surface area contributed by atoms with Gasteiger partial charge in [-0.15, -0.1) is 0 Å². The molecule has 0 unspecified atom stereocenters. The number of nitrogens with zero attached hydrogens (tertiary/aromatic N) is 1. The van der Waals surface area contributed by atoms with Gasteiger partial charge in [0.2, 0.25) is 0 Å². The summed E-state index contributed by atoms with van der Waals surface area (Å²) in [6.07, 6.45) is 0.